The number of alkyl carbamates (subject to hydrolysis) is 1. The second kappa shape index (κ2) is 5.67. The van der Waals surface area contributed by atoms with Crippen molar-refractivity contribution >= 4 is 6.09 Å². The zero-order valence-electron chi connectivity index (χ0n) is 11.1. The molecule has 2 atom stereocenters. The van der Waals surface area contributed by atoms with Crippen molar-refractivity contribution in [3.05, 3.63) is 0 Å². The summed E-state index contributed by atoms with van der Waals surface area (Å²) in [7, 11) is 0. The van der Waals surface area contributed by atoms with Crippen LogP contribution < -0.4 is 5.32 Å². The van der Waals surface area contributed by atoms with Gasteiger partial charge in [0.2, 0.25) is 0 Å². The number of hydrogen-bond acceptors (Lipinski definition) is 3. The summed E-state index contributed by atoms with van der Waals surface area (Å²) < 4.78 is 18.8. The number of amides is 1. The van der Waals surface area contributed by atoms with Crippen molar-refractivity contribution in [3.63, 3.8) is 0 Å². The molecular weight excluding hydrogens is 223 g/mol. The molecule has 1 heterocycles. The van der Waals surface area contributed by atoms with Crippen molar-refractivity contribution in [1.82, 2.24) is 10.2 Å². The molecule has 1 amide bonds. The predicted octanol–water partition coefficient (Wildman–Crippen LogP) is 1.94. The summed E-state index contributed by atoms with van der Waals surface area (Å²) in [6.45, 7) is 9.58. The van der Waals surface area contributed by atoms with Crippen molar-refractivity contribution in [3.8, 4) is 0 Å². The molecular formula is C12H23FN2O2. The van der Waals surface area contributed by atoms with E-state index in [2.05, 4.69) is 10.2 Å². The topological polar surface area (TPSA) is 41.6 Å². The summed E-state index contributed by atoms with van der Waals surface area (Å²) in [5.74, 6) is 0. The molecule has 0 radical (unpaired) electrons. The van der Waals surface area contributed by atoms with Gasteiger partial charge in [-0.3, -0.25) is 0 Å². The lowest BCUT2D eigenvalue weighted by molar-refractivity contribution is 0.0399. The molecule has 5 heteroatoms. The van der Waals surface area contributed by atoms with Crippen LogP contribution in [0.4, 0.5) is 9.18 Å². The van der Waals surface area contributed by atoms with Gasteiger partial charge in [-0.2, -0.15) is 0 Å². The third kappa shape index (κ3) is 4.89. The minimum atomic E-state index is -0.981. The molecule has 0 saturated carbocycles. The van der Waals surface area contributed by atoms with Gasteiger partial charge in [0.1, 0.15) is 11.8 Å². The highest BCUT2D eigenvalue weighted by Crippen LogP contribution is 2.15. The highest BCUT2D eigenvalue weighted by atomic mass is 19.1. The molecule has 1 N–H and O–H groups in total. The summed E-state index contributed by atoms with van der Waals surface area (Å²) >= 11 is 0. The van der Waals surface area contributed by atoms with E-state index >= 15 is 0 Å². The van der Waals surface area contributed by atoms with Gasteiger partial charge in [0.15, 0.2) is 0 Å². The first kappa shape index (κ1) is 14.2. The van der Waals surface area contributed by atoms with E-state index in [0.29, 0.717) is 13.0 Å². The van der Waals surface area contributed by atoms with Crippen LogP contribution in [0, 0.1) is 0 Å². The molecule has 4 nitrogen and oxygen atoms in total. The summed E-state index contributed by atoms with van der Waals surface area (Å²) in [6.07, 6.45) is -1.05. The van der Waals surface area contributed by atoms with Gasteiger partial charge < -0.3 is 15.0 Å². The second-order valence-electron chi connectivity index (χ2n) is 5.45. The summed E-state index contributed by atoms with van der Waals surface area (Å²) in [6, 6.07) is -0.460. The van der Waals surface area contributed by atoms with Crippen LogP contribution in [0.1, 0.15) is 34.1 Å². The van der Waals surface area contributed by atoms with E-state index < -0.39 is 23.9 Å². The van der Waals surface area contributed by atoms with E-state index in [9.17, 15) is 9.18 Å². The Balaban J connectivity index is 2.46. The fraction of sp³-hybridized carbons (Fsp3) is 0.917. The number of likely N-dealkylation sites (tertiary alicyclic amines) is 1. The number of likely N-dealkylation sites (N-methyl/N-ethyl adjacent to an activating group) is 1. The first-order chi connectivity index (χ1) is 7.81. The molecule has 1 saturated heterocycles. The van der Waals surface area contributed by atoms with Crippen molar-refractivity contribution in [2.45, 2.75) is 51.9 Å². The molecule has 1 fully saturated rings. The number of nitrogens with zero attached hydrogens (tertiary/aromatic N) is 1. The van der Waals surface area contributed by atoms with E-state index in [1.807, 2.05) is 6.92 Å². The van der Waals surface area contributed by atoms with Crippen LogP contribution in [0.2, 0.25) is 0 Å². The average Bonchev–Trinajstić information content (AvgIpc) is 2.18. The highest BCUT2D eigenvalue weighted by Gasteiger charge is 2.30. The van der Waals surface area contributed by atoms with Crippen LogP contribution in [0.5, 0.6) is 0 Å². The average molecular weight is 246 g/mol. The number of nitrogens with one attached hydrogen (secondary N) is 1. The SMILES string of the molecule is CCN1CC[C@@H](F)[C@H](NC(=O)OC(C)(C)C)C1. The van der Waals surface area contributed by atoms with Crippen LogP contribution in [0.25, 0.3) is 0 Å². The van der Waals surface area contributed by atoms with Crippen LogP contribution in [-0.2, 0) is 4.74 Å². The first-order valence-electron chi connectivity index (χ1n) is 6.17. The third-order valence-electron chi connectivity index (χ3n) is 2.76. The van der Waals surface area contributed by atoms with Gasteiger partial charge >= 0.3 is 6.09 Å². The van der Waals surface area contributed by atoms with E-state index in [-0.39, 0.29) is 0 Å². The van der Waals surface area contributed by atoms with Gasteiger partial charge in [-0.25, -0.2) is 9.18 Å². The van der Waals surface area contributed by atoms with Crippen molar-refractivity contribution in [2.75, 3.05) is 19.6 Å². The van der Waals surface area contributed by atoms with E-state index in [1.54, 1.807) is 20.8 Å². The van der Waals surface area contributed by atoms with Gasteiger partial charge in [0, 0.05) is 13.1 Å². The Morgan fingerprint density at radius 1 is 1.53 bits per heavy atom. The lowest BCUT2D eigenvalue weighted by atomic mass is 10.0. The zero-order chi connectivity index (χ0) is 13.1. The van der Waals surface area contributed by atoms with Crippen molar-refractivity contribution in [2.24, 2.45) is 0 Å². The molecule has 0 aliphatic carbocycles. The van der Waals surface area contributed by atoms with E-state index in [1.165, 1.54) is 0 Å². The monoisotopic (exact) mass is 246 g/mol. The number of rotatable bonds is 2. The molecule has 100 valence electrons. The van der Waals surface area contributed by atoms with Gasteiger partial charge in [-0.15, -0.1) is 0 Å². The summed E-state index contributed by atoms with van der Waals surface area (Å²) in [5, 5.41) is 2.61. The largest absolute Gasteiger partial charge is 0.444 e. The predicted molar refractivity (Wildman–Crippen MR) is 64.8 cm³/mol. The van der Waals surface area contributed by atoms with Gasteiger partial charge in [0.05, 0.1) is 6.04 Å². The Morgan fingerprint density at radius 3 is 2.71 bits per heavy atom. The Morgan fingerprint density at radius 2 is 2.18 bits per heavy atom. The first-order valence-corrected chi connectivity index (χ1v) is 6.17. The van der Waals surface area contributed by atoms with Crippen LogP contribution in [0.3, 0.4) is 0 Å². The number of ether oxygens (including phenoxy) is 1. The second-order valence-corrected chi connectivity index (χ2v) is 5.45. The molecule has 17 heavy (non-hydrogen) atoms. The van der Waals surface area contributed by atoms with Crippen molar-refractivity contribution < 1.29 is 13.9 Å². The lowest BCUT2D eigenvalue weighted by Crippen LogP contribution is -2.54. The zero-order valence-corrected chi connectivity index (χ0v) is 11.1. The molecule has 0 bridgehead atoms. The minimum Gasteiger partial charge on any atom is -0.444 e. The number of hydrogen-bond donors (Lipinski definition) is 1. The van der Waals surface area contributed by atoms with Gasteiger partial charge in [-0.1, -0.05) is 6.92 Å². The molecule has 1 aliphatic rings. The Kier molecular flexibility index (Phi) is 4.74. The van der Waals surface area contributed by atoms with Gasteiger partial charge in [-0.05, 0) is 33.7 Å². The molecule has 0 aromatic rings. The Hall–Kier alpha value is -0.840. The van der Waals surface area contributed by atoms with Crippen LogP contribution in [-0.4, -0.2) is 48.4 Å². The third-order valence-corrected chi connectivity index (χ3v) is 2.76. The fourth-order valence-corrected chi connectivity index (χ4v) is 1.87. The maximum absolute atomic E-state index is 13.7. The number of carbonyl (C=O) groups excluding carboxylic acids is 1. The highest BCUT2D eigenvalue weighted by molar-refractivity contribution is 5.68. The van der Waals surface area contributed by atoms with Crippen LogP contribution in [0.15, 0.2) is 0 Å². The van der Waals surface area contributed by atoms with E-state index in [4.69, 9.17) is 4.74 Å². The standard InChI is InChI=1S/C12H23FN2O2/c1-5-15-7-6-9(13)10(8-15)14-11(16)17-12(2,3)4/h9-10H,5-8H2,1-4H3,(H,14,16)/t9-,10-/m1/s1. The minimum absolute atomic E-state index is 0.460. The molecule has 1 rings (SSSR count). The molecule has 0 unspecified atom stereocenters. The lowest BCUT2D eigenvalue weighted by Gasteiger charge is -2.35. The summed E-state index contributed by atoms with van der Waals surface area (Å²) in [5.41, 5.74) is -0.547. The molecule has 0 aromatic carbocycles. The number of alkyl halides is 1. The van der Waals surface area contributed by atoms with Gasteiger partial charge in [0.25, 0.3) is 0 Å². The fourth-order valence-electron chi connectivity index (χ4n) is 1.87. The number of halogens is 1. The maximum Gasteiger partial charge on any atom is 0.408 e. The van der Waals surface area contributed by atoms with Crippen LogP contribution >= 0.6 is 0 Å². The Bertz CT molecular complexity index is 266. The summed E-state index contributed by atoms with van der Waals surface area (Å²) in [4.78, 5) is 13.7. The smallest absolute Gasteiger partial charge is 0.408 e. The quantitative estimate of drug-likeness (QED) is 0.809. The maximum atomic E-state index is 13.7. The Labute approximate surface area is 102 Å². The number of carbonyl (C=O) groups is 1. The molecule has 1 aliphatic heterocycles. The molecule has 0 aromatic heterocycles. The van der Waals surface area contributed by atoms with E-state index in [0.717, 1.165) is 13.1 Å². The van der Waals surface area contributed by atoms with Crippen molar-refractivity contribution in [1.29, 1.82) is 0 Å². The molecule has 0 spiro atoms. The number of piperidine rings is 1. The normalized spacial score (nSPS) is 26.6.